The zero-order valence-corrected chi connectivity index (χ0v) is 15.5. The second-order valence-corrected chi connectivity index (χ2v) is 6.53. The molecule has 4 rings (SSSR count). The zero-order chi connectivity index (χ0) is 19.7. The Labute approximate surface area is 167 Å². The quantitative estimate of drug-likeness (QED) is 0.444. The van der Waals surface area contributed by atoms with Gasteiger partial charge in [-0.2, -0.15) is 0 Å². The van der Waals surface area contributed by atoms with Crippen molar-refractivity contribution in [2.24, 2.45) is 0 Å². The smallest absolute Gasteiger partial charge is 0.287 e. The number of tetrazole rings is 1. The van der Waals surface area contributed by atoms with Crippen LogP contribution in [0, 0.1) is 0 Å². The molecule has 0 atom stereocenters. The molecule has 0 saturated carbocycles. The van der Waals surface area contributed by atoms with Crippen LogP contribution in [0.1, 0.15) is 20.8 Å². The highest BCUT2D eigenvalue weighted by Crippen LogP contribution is 2.29. The van der Waals surface area contributed by atoms with Crippen LogP contribution < -0.4 is 10.9 Å². The van der Waals surface area contributed by atoms with Gasteiger partial charge in [0, 0.05) is 21.5 Å². The van der Waals surface area contributed by atoms with Crippen LogP contribution >= 0.6 is 23.2 Å². The second-order valence-electron chi connectivity index (χ2n) is 5.71. The Kier molecular flexibility index (Phi) is 4.68. The molecule has 0 fully saturated rings. The third-order valence-electron chi connectivity index (χ3n) is 3.96. The van der Waals surface area contributed by atoms with Crippen molar-refractivity contribution in [3.8, 4) is 5.69 Å². The van der Waals surface area contributed by atoms with Crippen molar-refractivity contribution >= 4 is 45.9 Å². The average molecular weight is 416 g/mol. The number of hydrogen-bond acceptors (Lipinski definition) is 5. The molecule has 0 bridgehead atoms. The minimum Gasteiger partial charge on any atom is -0.349 e. The number of halogens is 2. The molecule has 140 valence electrons. The highest BCUT2D eigenvalue weighted by molar-refractivity contribution is 6.39. The third-order valence-corrected chi connectivity index (χ3v) is 4.58. The molecule has 2 amide bonds. The number of carbonyl (C=O) groups is 2. The largest absolute Gasteiger partial charge is 0.349 e. The fraction of sp³-hybridized carbons (Fsp3) is 0. The highest BCUT2D eigenvalue weighted by atomic mass is 35.5. The molecule has 0 aliphatic carbocycles. The highest BCUT2D eigenvalue weighted by Gasteiger charge is 2.17. The van der Waals surface area contributed by atoms with Crippen molar-refractivity contribution in [1.29, 1.82) is 0 Å². The Hall–Kier alpha value is -3.43. The summed E-state index contributed by atoms with van der Waals surface area (Å²) in [5, 5.41) is 12.2. The van der Waals surface area contributed by atoms with Gasteiger partial charge < -0.3 is 4.98 Å². The summed E-state index contributed by atoms with van der Waals surface area (Å²) in [6.07, 6.45) is 1.44. The van der Waals surface area contributed by atoms with Gasteiger partial charge in [0.1, 0.15) is 12.0 Å². The van der Waals surface area contributed by atoms with Crippen molar-refractivity contribution in [1.82, 2.24) is 36.0 Å². The molecular weight excluding hydrogens is 405 g/mol. The van der Waals surface area contributed by atoms with E-state index in [0.717, 1.165) is 0 Å². The van der Waals surface area contributed by atoms with E-state index in [0.29, 0.717) is 27.2 Å². The summed E-state index contributed by atoms with van der Waals surface area (Å²) >= 11 is 12.2. The predicted octanol–water partition coefficient (Wildman–Crippen LogP) is 2.53. The number of amides is 2. The molecule has 9 nitrogen and oxygen atoms in total. The molecule has 11 heteroatoms. The summed E-state index contributed by atoms with van der Waals surface area (Å²) in [6, 6.07) is 11.5. The van der Waals surface area contributed by atoms with Crippen LogP contribution in [0.2, 0.25) is 10.0 Å². The zero-order valence-electron chi connectivity index (χ0n) is 14.0. The topological polar surface area (TPSA) is 118 Å². The monoisotopic (exact) mass is 415 g/mol. The molecule has 0 unspecified atom stereocenters. The first-order valence-electron chi connectivity index (χ1n) is 7.94. The van der Waals surface area contributed by atoms with E-state index in [1.54, 1.807) is 42.5 Å². The molecule has 2 heterocycles. The average Bonchev–Trinajstić information content (AvgIpc) is 3.35. The summed E-state index contributed by atoms with van der Waals surface area (Å²) < 4.78 is 1.45. The number of carbonyl (C=O) groups excluding carboxylic acids is 2. The summed E-state index contributed by atoms with van der Waals surface area (Å²) in [6.45, 7) is 0. The molecule has 28 heavy (non-hydrogen) atoms. The van der Waals surface area contributed by atoms with Crippen LogP contribution in [-0.4, -0.2) is 37.0 Å². The van der Waals surface area contributed by atoms with Gasteiger partial charge in [-0.25, -0.2) is 4.68 Å². The van der Waals surface area contributed by atoms with Crippen LogP contribution in [0.25, 0.3) is 16.6 Å². The maximum Gasteiger partial charge on any atom is 0.287 e. The van der Waals surface area contributed by atoms with Crippen molar-refractivity contribution < 1.29 is 9.59 Å². The van der Waals surface area contributed by atoms with E-state index in [4.69, 9.17) is 23.2 Å². The first kappa shape index (κ1) is 18.0. The summed E-state index contributed by atoms with van der Waals surface area (Å²) in [4.78, 5) is 27.5. The number of nitrogens with one attached hydrogen (secondary N) is 3. The summed E-state index contributed by atoms with van der Waals surface area (Å²) in [7, 11) is 0. The van der Waals surface area contributed by atoms with Crippen molar-refractivity contribution in [3.05, 3.63) is 70.1 Å². The van der Waals surface area contributed by atoms with Crippen molar-refractivity contribution in [2.75, 3.05) is 0 Å². The Morgan fingerprint density at radius 3 is 2.46 bits per heavy atom. The molecule has 3 N–H and O–H groups in total. The van der Waals surface area contributed by atoms with Gasteiger partial charge in [-0.15, -0.1) is 5.10 Å². The first-order valence-corrected chi connectivity index (χ1v) is 8.69. The number of rotatable bonds is 3. The van der Waals surface area contributed by atoms with E-state index < -0.39 is 11.8 Å². The van der Waals surface area contributed by atoms with Crippen LogP contribution in [-0.2, 0) is 0 Å². The number of benzene rings is 2. The lowest BCUT2D eigenvalue weighted by Gasteiger charge is -2.07. The van der Waals surface area contributed by atoms with E-state index in [-0.39, 0.29) is 10.7 Å². The Balaban J connectivity index is 1.44. The SMILES string of the molecule is O=C(NNC(=O)c1[nH]c2ccc(Cl)cc2c1Cl)c1ccc(-n2cnnn2)cc1. The number of nitrogens with zero attached hydrogens (tertiary/aromatic N) is 4. The van der Waals surface area contributed by atoms with Gasteiger partial charge >= 0.3 is 0 Å². The van der Waals surface area contributed by atoms with Crippen LogP contribution in [0.15, 0.2) is 48.8 Å². The molecule has 2 aromatic carbocycles. The normalized spacial score (nSPS) is 10.8. The van der Waals surface area contributed by atoms with E-state index in [2.05, 4.69) is 31.4 Å². The number of hydrazine groups is 1. The van der Waals surface area contributed by atoms with Gasteiger partial charge in [0.15, 0.2) is 0 Å². The second kappa shape index (κ2) is 7.29. The molecule has 4 aromatic rings. The lowest BCUT2D eigenvalue weighted by molar-refractivity contribution is 0.0844. The van der Waals surface area contributed by atoms with Gasteiger partial charge in [-0.05, 0) is 52.9 Å². The van der Waals surface area contributed by atoms with Gasteiger partial charge in [0.2, 0.25) is 0 Å². The van der Waals surface area contributed by atoms with Gasteiger partial charge in [-0.1, -0.05) is 23.2 Å². The Bertz CT molecular complexity index is 1170. The van der Waals surface area contributed by atoms with E-state index in [1.807, 2.05) is 0 Å². The Morgan fingerprint density at radius 2 is 1.75 bits per heavy atom. The fourth-order valence-corrected chi connectivity index (χ4v) is 3.04. The Morgan fingerprint density at radius 1 is 1.00 bits per heavy atom. The number of H-pyrrole nitrogens is 1. The van der Waals surface area contributed by atoms with E-state index >= 15 is 0 Å². The summed E-state index contributed by atoms with van der Waals surface area (Å²) in [5.41, 5.74) is 6.48. The number of hydrogen-bond donors (Lipinski definition) is 3. The maximum absolute atomic E-state index is 12.4. The molecular formula is C17H11Cl2N7O2. The number of aromatic nitrogens is 5. The molecule has 2 aromatic heterocycles. The number of aromatic amines is 1. The number of fused-ring (bicyclic) bond motifs is 1. The summed E-state index contributed by atoms with van der Waals surface area (Å²) in [5.74, 6) is -1.08. The molecule has 0 spiro atoms. The molecule has 0 aliphatic rings. The van der Waals surface area contributed by atoms with Crippen molar-refractivity contribution in [2.45, 2.75) is 0 Å². The molecule has 0 aliphatic heterocycles. The van der Waals surface area contributed by atoms with E-state index in [9.17, 15) is 9.59 Å². The van der Waals surface area contributed by atoms with Gasteiger partial charge in [0.05, 0.1) is 10.7 Å². The minimum absolute atomic E-state index is 0.119. The van der Waals surface area contributed by atoms with E-state index in [1.165, 1.54) is 11.0 Å². The predicted molar refractivity (Wildman–Crippen MR) is 102 cm³/mol. The molecule has 0 radical (unpaired) electrons. The lowest BCUT2D eigenvalue weighted by atomic mass is 10.2. The third kappa shape index (κ3) is 3.40. The minimum atomic E-state index is -0.587. The molecule has 0 saturated heterocycles. The van der Waals surface area contributed by atoms with Gasteiger partial charge in [0.25, 0.3) is 11.8 Å². The van der Waals surface area contributed by atoms with Crippen LogP contribution in [0.5, 0.6) is 0 Å². The maximum atomic E-state index is 12.4. The standard InChI is InChI=1S/C17H11Cl2N7O2/c18-10-3-6-13-12(7-10)14(19)15(21-13)17(28)23-22-16(27)9-1-4-11(5-2-9)26-8-20-24-25-26/h1-8,21H,(H,22,27)(H,23,28). The fourth-order valence-electron chi connectivity index (χ4n) is 2.58. The van der Waals surface area contributed by atoms with Gasteiger partial charge in [-0.3, -0.25) is 20.4 Å². The first-order chi connectivity index (χ1) is 13.5. The van der Waals surface area contributed by atoms with Crippen molar-refractivity contribution in [3.63, 3.8) is 0 Å². The van der Waals surface area contributed by atoms with Crippen LogP contribution in [0.3, 0.4) is 0 Å². The lowest BCUT2D eigenvalue weighted by Crippen LogP contribution is -2.41. The van der Waals surface area contributed by atoms with Crippen LogP contribution in [0.4, 0.5) is 0 Å².